The Hall–Kier alpha value is -3.49. The van der Waals surface area contributed by atoms with Crippen molar-refractivity contribution in [2.45, 2.75) is 6.92 Å². The second kappa shape index (κ2) is 5.37. The summed E-state index contributed by atoms with van der Waals surface area (Å²) in [6.45, 7) is 1.33. The third kappa shape index (κ3) is 2.79. The number of fused-ring (bicyclic) bond motifs is 1. The number of carbonyl (C=O) groups excluding carboxylic acids is 1. The molecule has 0 aliphatic heterocycles. The maximum absolute atomic E-state index is 10.9. The molecule has 1 aromatic carbocycles. The van der Waals surface area contributed by atoms with Gasteiger partial charge in [0, 0.05) is 12.5 Å². The van der Waals surface area contributed by atoms with E-state index >= 15 is 0 Å². The van der Waals surface area contributed by atoms with E-state index in [1.807, 2.05) is 0 Å². The van der Waals surface area contributed by atoms with Gasteiger partial charge in [-0.25, -0.2) is 9.97 Å². The van der Waals surface area contributed by atoms with Crippen LogP contribution < -0.4 is 21.9 Å². The summed E-state index contributed by atoms with van der Waals surface area (Å²) >= 11 is 0. The zero-order valence-electron chi connectivity index (χ0n) is 12.1. The minimum absolute atomic E-state index is 0.00202. The highest BCUT2D eigenvalue weighted by atomic mass is 16.5. The lowest BCUT2D eigenvalue weighted by molar-refractivity contribution is -0.131. The minimum atomic E-state index is -0.398. The van der Waals surface area contributed by atoms with Gasteiger partial charge in [0.05, 0.1) is 0 Å². The molecule has 2 aromatic heterocycles. The van der Waals surface area contributed by atoms with Gasteiger partial charge < -0.3 is 21.9 Å². The number of anilines is 3. The van der Waals surface area contributed by atoms with Gasteiger partial charge in [-0.1, -0.05) is 0 Å². The molecule has 0 unspecified atom stereocenters. The van der Waals surface area contributed by atoms with Gasteiger partial charge in [0.1, 0.15) is 11.4 Å². The highest BCUT2D eigenvalue weighted by Gasteiger charge is 2.13. The molecule has 0 spiro atoms. The summed E-state index contributed by atoms with van der Waals surface area (Å²) in [6.07, 6.45) is 0. The topological polar surface area (TPSA) is 156 Å². The van der Waals surface area contributed by atoms with E-state index in [4.69, 9.17) is 21.9 Å². The first kappa shape index (κ1) is 14.4. The van der Waals surface area contributed by atoms with E-state index in [1.54, 1.807) is 24.3 Å². The SMILES string of the molecule is CC(=O)Oc1ccc(-c2nc3c(N)nc(N)nc3nc2N)cc1. The Morgan fingerprint density at radius 1 is 0.957 bits per heavy atom. The highest BCUT2D eigenvalue weighted by Crippen LogP contribution is 2.27. The summed E-state index contributed by atoms with van der Waals surface area (Å²) in [5.41, 5.74) is 18.9. The van der Waals surface area contributed by atoms with E-state index in [1.165, 1.54) is 6.92 Å². The number of rotatable bonds is 2. The zero-order valence-corrected chi connectivity index (χ0v) is 12.1. The Labute approximate surface area is 130 Å². The van der Waals surface area contributed by atoms with Gasteiger partial charge >= 0.3 is 5.97 Å². The van der Waals surface area contributed by atoms with Gasteiger partial charge in [-0.3, -0.25) is 4.79 Å². The predicted octanol–water partition coefficient (Wildman–Crippen LogP) is 0.759. The summed E-state index contributed by atoms with van der Waals surface area (Å²) in [5.74, 6) is 0.324. The van der Waals surface area contributed by atoms with Gasteiger partial charge in [0.15, 0.2) is 22.8 Å². The summed E-state index contributed by atoms with van der Waals surface area (Å²) in [6, 6.07) is 6.67. The average molecular weight is 311 g/mol. The van der Waals surface area contributed by atoms with E-state index in [0.29, 0.717) is 22.5 Å². The number of carbonyl (C=O) groups is 1. The van der Waals surface area contributed by atoms with Gasteiger partial charge in [0.2, 0.25) is 5.95 Å². The Balaban J connectivity index is 2.09. The van der Waals surface area contributed by atoms with Gasteiger partial charge in [0.25, 0.3) is 0 Å². The predicted molar refractivity (Wildman–Crippen MR) is 85.1 cm³/mol. The van der Waals surface area contributed by atoms with E-state index < -0.39 is 5.97 Å². The van der Waals surface area contributed by atoms with Gasteiger partial charge in [-0.05, 0) is 24.3 Å². The van der Waals surface area contributed by atoms with Crippen molar-refractivity contribution >= 4 is 34.7 Å². The molecule has 3 aromatic rings. The molecule has 9 nitrogen and oxygen atoms in total. The molecular weight excluding hydrogens is 298 g/mol. The number of nitrogens with two attached hydrogens (primary N) is 3. The number of hydrogen-bond donors (Lipinski definition) is 3. The van der Waals surface area contributed by atoms with Crippen molar-refractivity contribution in [2.24, 2.45) is 0 Å². The van der Waals surface area contributed by atoms with E-state index in [0.717, 1.165) is 0 Å². The van der Waals surface area contributed by atoms with Crippen molar-refractivity contribution < 1.29 is 9.53 Å². The Morgan fingerprint density at radius 2 is 1.65 bits per heavy atom. The fourth-order valence-electron chi connectivity index (χ4n) is 2.06. The molecule has 9 heteroatoms. The van der Waals surface area contributed by atoms with Crippen LogP contribution in [0.4, 0.5) is 17.6 Å². The second-order valence-electron chi connectivity index (χ2n) is 4.71. The molecule has 23 heavy (non-hydrogen) atoms. The third-order valence-corrected chi connectivity index (χ3v) is 2.99. The Kier molecular flexibility index (Phi) is 3.37. The molecule has 0 amide bonds. The number of benzene rings is 1. The lowest BCUT2D eigenvalue weighted by atomic mass is 10.1. The van der Waals surface area contributed by atoms with Crippen molar-refractivity contribution in [3.8, 4) is 17.0 Å². The van der Waals surface area contributed by atoms with E-state index in [2.05, 4.69) is 19.9 Å². The lowest BCUT2D eigenvalue weighted by Crippen LogP contribution is -2.06. The van der Waals surface area contributed by atoms with Crippen LogP contribution in [0.5, 0.6) is 5.75 Å². The zero-order chi connectivity index (χ0) is 16.6. The van der Waals surface area contributed by atoms with E-state index in [-0.39, 0.29) is 23.2 Å². The minimum Gasteiger partial charge on any atom is -0.427 e. The van der Waals surface area contributed by atoms with Crippen LogP contribution in [0.1, 0.15) is 6.92 Å². The highest BCUT2D eigenvalue weighted by molar-refractivity contribution is 5.87. The molecular formula is C14H13N7O2. The smallest absolute Gasteiger partial charge is 0.308 e. The van der Waals surface area contributed by atoms with Crippen molar-refractivity contribution in [1.82, 2.24) is 19.9 Å². The van der Waals surface area contributed by atoms with Crippen LogP contribution in [0.2, 0.25) is 0 Å². The standard InChI is InChI=1S/C14H13N7O2/c1-6(22)23-8-4-2-7(3-5-8)9-11(15)19-13-10(18-9)12(16)20-14(17)21-13/h2-5H,1H3,(H6,15,16,17,19,20,21). The van der Waals surface area contributed by atoms with Crippen LogP contribution in [-0.2, 0) is 4.79 Å². The summed E-state index contributed by atoms with van der Waals surface area (Å²) in [7, 11) is 0. The van der Waals surface area contributed by atoms with Crippen LogP contribution in [0.15, 0.2) is 24.3 Å². The number of esters is 1. The van der Waals surface area contributed by atoms with Crippen LogP contribution in [-0.4, -0.2) is 25.9 Å². The summed E-state index contributed by atoms with van der Waals surface area (Å²) in [5, 5.41) is 0. The molecule has 0 aliphatic rings. The molecule has 0 fully saturated rings. The average Bonchev–Trinajstić information content (AvgIpc) is 2.47. The molecule has 0 saturated heterocycles. The number of ether oxygens (including phenoxy) is 1. The number of aromatic nitrogens is 4. The molecule has 116 valence electrons. The molecule has 0 atom stereocenters. The van der Waals surface area contributed by atoms with Crippen LogP contribution >= 0.6 is 0 Å². The van der Waals surface area contributed by atoms with Crippen LogP contribution in [0.25, 0.3) is 22.4 Å². The molecule has 0 radical (unpaired) electrons. The van der Waals surface area contributed by atoms with Crippen molar-refractivity contribution in [2.75, 3.05) is 17.2 Å². The van der Waals surface area contributed by atoms with Crippen LogP contribution in [0, 0.1) is 0 Å². The Bertz CT molecular complexity index is 909. The fraction of sp³-hybridized carbons (Fsp3) is 0.0714. The quantitative estimate of drug-likeness (QED) is 0.459. The number of hydrogen-bond acceptors (Lipinski definition) is 9. The summed E-state index contributed by atoms with van der Waals surface area (Å²) in [4.78, 5) is 27.3. The largest absolute Gasteiger partial charge is 0.427 e. The molecule has 2 heterocycles. The number of nitrogen functional groups attached to an aromatic ring is 3. The first-order chi connectivity index (χ1) is 10.9. The normalized spacial score (nSPS) is 10.7. The Morgan fingerprint density at radius 3 is 2.30 bits per heavy atom. The molecule has 3 rings (SSSR count). The molecule has 0 aliphatic carbocycles. The summed E-state index contributed by atoms with van der Waals surface area (Å²) < 4.78 is 4.98. The fourth-order valence-corrected chi connectivity index (χ4v) is 2.06. The van der Waals surface area contributed by atoms with Crippen LogP contribution in [0.3, 0.4) is 0 Å². The first-order valence-corrected chi connectivity index (χ1v) is 6.59. The van der Waals surface area contributed by atoms with Gasteiger partial charge in [-0.15, -0.1) is 0 Å². The second-order valence-corrected chi connectivity index (χ2v) is 4.71. The maximum Gasteiger partial charge on any atom is 0.308 e. The third-order valence-electron chi connectivity index (χ3n) is 2.99. The van der Waals surface area contributed by atoms with Crippen molar-refractivity contribution in [1.29, 1.82) is 0 Å². The number of nitrogens with zero attached hydrogens (tertiary/aromatic N) is 4. The molecule has 6 N–H and O–H groups in total. The van der Waals surface area contributed by atoms with Crippen molar-refractivity contribution in [3.05, 3.63) is 24.3 Å². The van der Waals surface area contributed by atoms with E-state index in [9.17, 15) is 4.79 Å². The van der Waals surface area contributed by atoms with Gasteiger partial charge in [-0.2, -0.15) is 9.97 Å². The monoisotopic (exact) mass is 311 g/mol. The molecule has 0 bridgehead atoms. The maximum atomic E-state index is 10.9. The van der Waals surface area contributed by atoms with Crippen molar-refractivity contribution in [3.63, 3.8) is 0 Å². The molecule has 0 saturated carbocycles. The lowest BCUT2D eigenvalue weighted by Gasteiger charge is -2.08. The first-order valence-electron chi connectivity index (χ1n) is 6.59.